The van der Waals surface area contributed by atoms with Gasteiger partial charge in [0.1, 0.15) is 0 Å². The van der Waals surface area contributed by atoms with Gasteiger partial charge < -0.3 is 0 Å². The highest BCUT2D eigenvalue weighted by Crippen LogP contribution is 2.31. The molecule has 0 bridgehead atoms. The third kappa shape index (κ3) is 4.22. The van der Waals surface area contributed by atoms with Gasteiger partial charge in [0, 0.05) is 0 Å². The van der Waals surface area contributed by atoms with Crippen molar-refractivity contribution in [3.63, 3.8) is 0 Å². The minimum absolute atomic E-state index is 0.444. The van der Waals surface area contributed by atoms with Gasteiger partial charge in [0.05, 0.1) is 15.1 Å². The van der Waals surface area contributed by atoms with Crippen molar-refractivity contribution in [2.45, 2.75) is 32.1 Å². The highest BCUT2D eigenvalue weighted by molar-refractivity contribution is 6.48. The first-order valence-electron chi connectivity index (χ1n) is 5.08. The van der Waals surface area contributed by atoms with Crippen molar-refractivity contribution < 1.29 is 0 Å². The van der Waals surface area contributed by atoms with Gasteiger partial charge in [-0.1, -0.05) is 61.0 Å². The molecule has 3 heteroatoms. The van der Waals surface area contributed by atoms with Crippen LogP contribution in [0.25, 0.3) is 0 Å². The Hall–Kier alpha value is 0.0900. The van der Waals surface area contributed by atoms with Crippen LogP contribution in [0, 0.1) is 6.92 Å². The highest BCUT2D eigenvalue weighted by atomic mass is 35.5. The topological polar surface area (TPSA) is 0 Å². The Balaban J connectivity index is 2.55. The third-order valence-electron chi connectivity index (χ3n) is 2.26. The van der Waals surface area contributed by atoms with Gasteiger partial charge in [-0.05, 0) is 30.5 Å². The van der Waals surface area contributed by atoms with Crippen LogP contribution in [0.5, 0.6) is 0 Å². The number of rotatable bonds is 5. The zero-order valence-corrected chi connectivity index (χ0v) is 10.8. The van der Waals surface area contributed by atoms with Gasteiger partial charge in [0.25, 0.3) is 0 Å². The van der Waals surface area contributed by atoms with Crippen molar-refractivity contribution in [3.8, 4) is 0 Å². The Labute approximate surface area is 107 Å². The summed E-state index contributed by atoms with van der Waals surface area (Å²) in [5, 5.41) is 1.52. The van der Waals surface area contributed by atoms with Crippen LogP contribution >= 0.6 is 34.8 Å². The summed E-state index contributed by atoms with van der Waals surface area (Å²) in [5.41, 5.74) is 1.15. The van der Waals surface area contributed by atoms with Crippen molar-refractivity contribution in [3.05, 3.63) is 39.7 Å². The molecule has 1 aromatic rings. The minimum atomic E-state index is 0.444. The molecule has 0 aliphatic carbocycles. The molecule has 0 aliphatic heterocycles. The molecule has 0 aromatic heterocycles. The second-order valence-electron chi connectivity index (χ2n) is 3.54. The van der Waals surface area contributed by atoms with E-state index in [9.17, 15) is 0 Å². The van der Waals surface area contributed by atoms with Gasteiger partial charge in [-0.2, -0.15) is 0 Å². The van der Waals surface area contributed by atoms with Crippen LogP contribution in [0.3, 0.4) is 0 Å². The maximum absolute atomic E-state index is 5.93. The molecule has 0 saturated carbocycles. The average Bonchev–Trinajstić information content (AvgIpc) is 2.21. The van der Waals surface area contributed by atoms with Crippen LogP contribution in [0.4, 0.5) is 0 Å². The lowest BCUT2D eigenvalue weighted by Gasteiger charge is -2.05. The lowest BCUT2D eigenvalue weighted by atomic mass is 10.1. The van der Waals surface area contributed by atoms with Gasteiger partial charge in [-0.25, -0.2) is 0 Å². The molecule has 1 rings (SSSR count). The fourth-order valence-corrected chi connectivity index (χ4v) is 2.08. The van der Waals surface area contributed by atoms with E-state index < -0.39 is 0 Å². The van der Waals surface area contributed by atoms with Crippen molar-refractivity contribution in [2.75, 3.05) is 0 Å². The first-order valence-corrected chi connectivity index (χ1v) is 6.21. The van der Waals surface area contributed by atoms with Crippen molar-refractivity contribution in [1.29, 1.82) is 0 Å². The van der Waals surface area contributed by atoms with E-state index in [0.29, 0.717) is 15.1 Å². The summed E-state index contributed by atoms with van der Waals surface area (Å²) < 4.78 is 0. The zero-order valence-electron chi connectivity index (χ0n) is 8.53. The Bertz CT molecular complexity index is 298. The number of hydrogen-bond acceptors (Lipinski definition) is 0. The Morgan fingerprint density at radius 3 is 2.07 bits per heavy atom. The van der Waals surface area contributed by atoms with Crippen LogP contribution in [-0.4, -0.2) is 0 Å². The van der Waals surface area contributed by atoms with E-state index in [1.165, 1.54) is 12.8 Å². The fourth-order valence-electron chi connectivity index (χ4n) is 1.44. The lowest BCUT2D eigenvalue weighted by molar-refractivity contribution is 0.686. The van der Waals surface area contributed by atoms with Crippen LogP contribution < -0.4 is 0 Å². The number of aryl methyl sites for hydroxylation is 1. The molecule has 83 valence electrons. The Morgan fingerprint density at radius 1 is 0.933 bits per heavy atom. The molecule has 0 spiro atoms. The smallest absolute Gasteiger partial charge is 0.0778 e. The molecule has 15 heavy (non-hydrogen) atoms. The van der Waals surface area contributed by atoms with E-state index in [0.717, 1.165) is 24.8 Å². The molecule has 0 amide bonds. The number of unbranched alkanes of at least 4 members (excludes halogenated alkanes) is 3. The SMILES string of the molecule is [CH2]CCCCCc1cc(Cl)c(Cl)c(Cl)c1. The van der Waals surface area contributed by atoms with Crippen molar-refractivity contribution >= 4 is 34.8 Å². The quantitative estimate of drug-likeness (QED) is 0.481. The Morgan fingerprint density at radius 2 is 1.53 bits per heavy atom. The van der Waals surface area contributed by atoms with Gasteiger partial charge in [0.2, 0.25) is 0 Å². The summed E-state index contributed by atoms with van der Waals surface area (Å²) in [6.07, 6.45) is 5.51. The monoisotopic (exact) mass is 263 g/mol. The second kappa shape index (κ2) is 6.62. The highest BCUT2D eigenvalue weighted by Gasteiger charge is 2.05. The first kappa shape index (κ1) is 13.2. The molecular formula is C12H14Cl3. The maximum atomic E-state index is 5.93. The van der Waals surface area contributed by atoms with Gasteiger partial charge in [-0.15, -0.1) is 0 Å². The van der Waals surface area contributed by atoms with Gasteiger partial charge in [0.15, 0.2) is 0 Å². The van der Waals surface area contributed by atoms with E-state index in [1.807, 2.05) is 12.1 Å². The molecule has 0 heterocycles. The molecule has 0 atom stereocenters. The molecule has 0 N–H and O–H groups in total. The summed E-state index contributed by atoms with van der Waals surface area (Å²) in [6, 6.07) is 3.78. The van der Waals surface area contributed by atoms with Crippen molar-refractivity contribution in [1.82, 2.24) is 0 Å². The second-order valence-corrected chi connectivity index (χ2v) is 4.73. The largest absolute Gasteiger partial charge is 0.0826 e. The minimum Gasteiger partial charge on any atom is -0.0826 e. The number of benzene rings is 1. The number of halogens is 3. The molecule has 0 aliphatic rings. The lowest BCUT2D eigenvalue weighted by Crippen LogP contribution is -1.87. The molecular weight excluding hydrogens is 250 g/mol. The Kier molecular flexibility index (Phi) is 5.81. The molecule has 0 nitrogen and oxygen atoms in total. The van der Waals surface area contributed by atoms with Crippen LogP contribution in [-0.2, 0) is 6.42 Å². The van der Waals surface area contributed by atoms with E-state index in [1.54, 1.807) is 0 Å². The summed E-state index contributed by atoms with van der Waals surface area (Å²) in [6.45, 7) is 3.81. The van der Waals surface area contributed by atoms with Gasteiger partial charge in [-0.3, -0.25) is 0 Å². The molecule has 1 radical (unpaired) electrons. The average molecular weight is 265 g/mol. The molecule has 0 saturated heterocycles. The van der Waals surface area contributed by atoms with Gasteiger partial charge >= 0.3 is 0 Å². The summed E-state index contributed by atoms with van der Waals surface area (Å²) in [5.74, 6) is 0. The zero-order chi connectivity index (χ0) is 11.3. The summed E-state index contributed by atoms with van der Waals surface area (Å²) in [7, 11) is 0. The summed E-state index contributed by atoms with van der Waals surface area (Å²) in [4.78, 5) is 0. The van der Waals surface area contributed by atoms with E-state index in [2.05, 4.69) is 6.92 Å². The molecule has 0 unspecified atom stereocenters. The normalized spacial score (nSPS) is 10.7. The number of hydrogen-bond donors (Lipinski definition) is 0. The predicted octanol–water partition coefficient (Wildman–Crippen LogP) is 5.58. The van der Waals surface area contributed by atoms with Crippen LogP contribution in [0.2, 0.25) is 15.1 Å². The maximum Gasteiger partial charge on any atom is 0.0778 e. The fraction of sp³-hybridized carbons (Fsp3) is 0.417. The standard InChI is InChI=1S/C12H14Cl3/c1-2-3-4-5-6-9-7-10(13)12(15)11(14)8-9/h7-8H,1-6H2. The van der Waals surface area contributed by atoms with Crippen LogP contribution in [0.1, 0.15) is 31.2 Å². The summed E-state index contributed by atoms with van der Waals surface area (Å²) >= 11 is 17.7. The predicted molar refractivity (Wildman–Crippen MR) is 69.0 cm³/mol. The van der Waals surface area contributed by atoms with E-state index in [-0.39, 0.29) is 0 Å². The van der Waals surface area contributed by atoms with Crippen LogP contribution in [0.15, 0.2) is 12.1 Å². The van der Waals surface area contributed by atoms with E-state index in [4.69, 9.17) is 34.8 Å². The third-order valence-corrected chi connectivity index (χ3v) is 3.46. The first-order chi connectivity index (χ1) is 7.15. The van der Waals surface area contributed by atoms with Crippen molar-refractivity contribution in [2.24, 2.45) is 0 Å². The molecule has 0 fully saturated rings. The van der Waals surface area contributed by atoms with E-state index >= 15 is 0 Å². The molecule has 1 aromatic carbocycles.